The van der Waals surface area contributed by atoms with Crippen molar-refractivity contribution in [3.8, 4) is 11.3 Å². The van der Waals surface area contributed by atoms with Crippen molar-refractivity contribution in [2.24, 2.45) is 13.0 Å². The lowest BCUT2D eigenvalue weighted by atomic mass is 9.88. The van der Waals surface area contributed by atoms with Crippen molar-refractivity contribution in [1.29, 1.82) is 0 Å². The van der Waals surface area contributed by atoms with Crippen molar-refractivity contribution in [1.82, 2.24) is 29.9 Å². The molecular formula is C21H31N7O2. The molecule has 3 aromatic rings. The number of H-pyrrole nitrogens is 1. The highest BCUT2D eigenvalue weighted by Gasteiger charge is 2.27. The third kappa shape index (κ3) is 3.71. The number of rotatable bonds is 6. The molecule has 0 aliphatic rings. The molecule has 162 valence electrons. The number of nitrogens with one attached hydrogen (secondary N) is 2. The summed E-state index contributed by atoms with van der Waals surface area (Å²) in [5.41, 5.74) is 8.53. The number of hydrogen-bond donors (Lipinski definition) is 3. The molecule has 0 fully saturated rings. The Bertz CT molecular complexity index is 1150. The van der Waals surface area contributed by atoms with E-state index in [0.29, 0.717) is 23.1 Å². The molecule has 0 saturated heterocycles. The molecule has 0 aromatic carbocycles. The number of aryl methyl sites for hydroxylation is 1. The van der Waals surface area contributed by atoms with Crippen LogP contribution in [0.2, 0.25) is 0 Å². The van der Waals surface area contributed by atoms with Gasteiger partial charge in [-0.1, -0.05) is 27.7 Å². The number of nitrogen functional groups attached to an aromatic ring is 1. The number of aromatic amines is 1. The molecule has 30 heavy (non-hydrogen) atoms. The van der Waals surface area contributed by atoms with Crippen molar-refractivity contribution in [3.63, 3.8) is 0 Å². The number of pyridine rings is 1. The molecule has 0 unspecified atom stereocenters. The van der Waals surface area contributed by atoms with Gasteiger partial charge in [-0.05, 0) is 18.9 Å². The molecule has 0 bridgehead atoms. The van der Waals surface area contributed by atoms with Crippen LogP contribution in [0.3, 0.4) is 0 Å². The summed E-state index contributed by atoms with van der Waals surface area (Å²) in [6.45, 7) is 12.2. The molecule has 9 nitrogen and oxygen atoms in total. The number of hydrogen-bond acceptors (Lipinski definition) is 5. The Morgan fingerprint density at radius 2 is 2.00 bits per heavy atom. The van der Waals surface area contributed by atoms with Gasteiger partial charge in [-0.2, -0.15) is 10.2 Å². The third-order valence-corrected chi connectivity index (χ3v) is 5.81. The van der Waals surface area contributed by atoms with Gasteiger partial charge in [-0.15, -0.1) is 0 Å². The first kappa shape index (κ1) is 21.6. The predicted molar refractivity (Wildman–Crippen MR) is 118 cm³/mol. The van der Waals surface area contributed by atoms with Gasteiger partial charge in [-0.25, -0.2) is 0 Å². The zero-order chi connectivity index (χ0) is 22.4. The van der Waals surface area contributed by atoms with Gasteiger partial charge in [0.05, 0.1) is 11.2 Å². The van der Waals surface area contributed by atoms with E-state index >= 15 is 0 Å². The summed E-state index contributed by atoms with van der Waals surface area (Å²) in [6, 6.07) is 1.97. The molecular weight excluding hydrogens is 382 g/mol. The van der Waals surface area contributed by atoms with E-state index in [1.165, 1.54) is 6.92 Å². The average Bonchev–Trinajstić information content (AvgIpc) is 3.24. The van der Waals surface area contributed by atoms with E-state index in [1.54, 1.807) is 4.57 Å². The Kier molecular flexibility index (Phi) is 5.49. The quantitative estimate of drug-likeness (QED) is 0.572. The first-order valence-corrected chi connectivity index (χ1v) is 10.1. The number of anilines is 1. The number of fused-ring (bicyclic) bond motifs is 1. The fourth-order valence-electron chi connectivity index (χ4n) is 3.64. The minimum atomic E-state index is -0.336. The van der Waals surface area contributed by atoms with Crippen LogP contribution in [0.15, 0.2) is 17.1 Å². The molecule has 0 radical (unpaired) electrons. The van der Waals surface area contributed by atoms with Crippen LogP contribution in [0.25, 0.3) is 22.2 Å². The Labute approximate surface area is 175 Å². The van der Waals surface area contributed by atoms with Crippen LogP contribution in [0.4, 0.5) is 5.82 Å². The minimum absolute atomic E-state index is 0.0191. The fourth-order valence-corrected chi connectivity index (χ4v) is 3.64. The molecule has 3 rings (SSSR count). The summed E-state index contributed by atoms with van der Waals surface area (Å²) in [4.78, 5) is 24.5. The van der Waals surface area contributed by atoms with Crippen molar-refractivity contribution in [2.45, 2.75) is 53.0 Å². The van der Waals surface area contributed by atoms with Gasteiger partial charge in [0.25, 0.3) is 5.56 Å². The number of nitrogens with two attached hydrogens (primary N) is 1. The summed E-state index contributed by atoms with van der Waals surface area (Å²) in [7, 11) is 1.87. The summed E-state index contributed by atoms with van der Waals surface area (Å²) in [5.74, 6) is 0.371. The Morgan fingerprint density at radius 3 is 2.60 bits per heavy atom. The number of amides is 1. The highest BCUT2D eigenvalue weighted by Crippen LogP contribution is 2.32. The monoisotopic (exact) mass is 413 g/mol. The predicted octanol–water partition coefficient (Wildman–Crippen LogP) is 2.34. The van der Waals surface area contributed by atoms with Crippen LogP contribution in [0.1, 0.15) is 53.3 Å². The van der Waals surface area contributed by atoms with Crippen molar-refractivity contribution < 1.29 is 4.79 Å². The minimum Gasteiger partial charge on any atom is -0.382 e. The van der Waals surface area contributed by atoms with Crippen molar-refractivity contribution >= 4 is 22.6 Å². The smallest absolute Gasteiger partial charge is 0.264 e. The SMILES string of the molecule is CC(=O)NCC(C)(C)c1cc(-c2cn([C@@H](C)C(C)C)c(=O)c3c(N)n[nH]c23)nn1C. The van der Waals surface area contributed by atoms with Crippen LogP contribution in [0.5, 0.6) is 0 Å². The average molecular weight is 414 g/mol. The van der Waals surface area contributed by atoms with E-state index in [1.807, 2.05) is 30.9 Å². The standard InChI is InChI=1S/C21H31N7O2/c1-11(2)12(3)28-9-14(18-17(20(28)30)19(22)25-24-18)15-8-16(27(7)26-15)21(5,6)10-23-13(4)29/h8-9,11-12H,10H2,1-7H3,(H,23,29)(H3,22,24,25)/t12-/m0/s1. The van der Waals surface area contributed by atoms with Crippen molar-refractivity contribution in [2.75, 3.05) is 12.3 Å². The maximum absolute atomic E-state index is 13.1. The van der Waals surface area contributed by atoms with Gasteiger partial charge in [0.1, 0.15) is 5.39 Å². The lowest BCUT2D eigenvalue weighted by Gasteiger charge is -2.24. The molecule has 0 saturated carbocycles. The first-order chi connectivity index (χ1) is 13.9. The number of nitrogens with zero attached hydrogens (tertiary/aromatic N) is 4. The highest BCUT2D eigenvalue weighted by atomic mass is 16.1. The molecule has 3 aromatic heterocycles. The van der Waals surface area contributed by atoms with Crippen molar-refractivity contribution in [3.05, 3.63) is 28.3 Å². The van der Waals surface area contributed by atoms with Gasteiger partial charge in [-0.3, -0.25) is 19.4 Å². The summed E-state index contributed by atoms with van der Waals surface area (Å²) in [5, 5.41) is 14.9. The lowest BCUT2D eigenvalue weighted by Crippen LogP contribution is -2.36. The molecule has 0 aliphatic heterocycles. The second-order valence-corrected chi connectivity index (χ2v) is 8.93. The van der Waals surface area contributed by atoms with E-state index in [2.05, 4.69) is 43.2 Å². The van der Waals surface area contributed by atoms with Gasteiger partial charge < -0.3 is 15.6 Å². The first-order valence-electron chi connectivity index (χ1n) is 10.1. The Morgan fingerprint density at radius 1 is 1.33 bits per heavy atom. The lowest BCUT2D eigenvalue weighted by molar-refractivity contribution is -0.119. The maximum atomic E-state index is 13.1. The van der Waals surface area contributed by atoms with E-state index in [4.69, 9.17) is 10.8 Å². The van der Waals surface area contributed by atoms with E-state index in [9.17, 15) is 9.59 Å². The summed E-state index contributed by atoms with van der Waals surface area (Å²) >= 11 is 0. The largest absolute Gasteiger partial charge is 0.382 e. The normalized spacial score (nSPS) is 13.2. The third-order valence-electron chi connectivity index (χ3n) is 5.81. The van der Waals surface area contributed by atoms with Gasteiger partial charge in [0.15, 0.2) is 5.82 Å². The van der Waals surface area contributed by atoms with Crippen LogP contribution >= 0.6 is 0 Å². The molecule has 0 aliphatic carbocycles. The molecule has 0 spiro atoms. The number of carbonyl (C=O) groups is 1. The summed E-state index contributed by atoms with van der Waals surface area (Å²) < 4.78 is 3.52. The van der Waals surface area contributed by atoms with E-state index in [0.717, 1.165) is 11.3 Å². The van der Waals surface area contributed by atoms with Gasteiger partial charge >= 0.3 is 0 Å². The maximum Gasteiger partial charge on any atom is 0.264 e. The highest BCUT2D eigenvalue weighted by molar-refractivity contribution is 5.97. The van der Waals surface area contributed by atoms with Crippen LogP contribution in [-0.4, -0.2) is 37.0 Å². The number of aromatic nitrogens is 5. The van der Waals surface area contributed by atoms with Crippen LogP contribution in [-0.2, 0) is 17.3 Å². The molecule has 1 atom stereocenters. The number of carbonyl (C=O) groups excluding carboxylic acids is 1. The van der Waals surface area contributed by atoms with Crippen LogP contribution in [0, 0.1) is 5.92 Å². The second kappa shape index (κ2) is 7.62. The molecule has 1 amide bonds. The molecule has 9 heteroatoms. The summed E-state index contributed by atoms with van der Waals surface area (Å²) in [6.07, 6.45) is 1.83. The van der Waals surface area contributed by atoms with E-state index < -0.39 is 0 Å². The fraction of sp³-hybridized carbons (Fsp3) is 0.524. The topological polar surface area (TPSA) is 124 Å². The van der Waals surface area contributed by atoms with E-state index in [-0.39, 0.29) is 34.7 Å². The van der Waals surface area contributed by atoms with Crippen LogP contribution < -0.4 is 16.6 Å². The van der Waals surface area contributed by atoms with Gasteiger partial charge in [0.2, 0.25) is 5.91 Å². The molecule has 3 heterocycles. The zero-order valence-electron chi connectivity index (χ0n) is 18.7. The second-order valence-electron chi connectivity index (χ2n) is 8.93. The Balaban J connectivity index is 2.19. The zero-order valence-corrected chi connectivity index (χ0v) is 18.7. The van der Waals surface area contributed by atoms with Gasteiger partial charge in [0, 0.05) is 49.4 Å². The Hall–Kier alpha value is -3.10. The molecule has 4 N–H and O–H groups in total.